The first-order valence-corrected chi connectivity index (χ1v) is 7.89. The molecule has 0 atom stereocenters. The number of sulfonamides is 1. The van der Waals surface area contributed by atoms with Gasteiger partial charge in [0, 0.05) is 27.2 Å². The minimum Gasteiger partial charge on any atom is -0.396 e. The third kappa shape index (κ3) is 2.71. The molecule has 6 nitrogen and oxygen atoms in total. The molecule has 0 unspecified atom stereocenters. The van der Waals surface area contributed by atoms with E-state index in [0.29, 0.717) is 31.6 Å². The number of nitrogen functional groups attached to an aromatic ring is 1. The Kier molecular flexibility index (Phi) is 4.14. The summed E-state index contributed by atoms with van der Waals surface area (Å²) in [6.07, 6.45) is 3.44. The topological polar surface area (TPSA) is 79.5 Å². The highest BCUT2D eigenvalue weighted by atomic mass is 32.2. The average molecular weight is 302 g/mol. The molecule has 112 valence electrons. The molecule has 1 aliphatic heterocycles. The van der Waals surface area contributed by atoms with Crippen LogP contribution in [0.4, 0.5) is 15.8 Å². The van der Waals surface area contributed by atoms with E-state index in [1.807, 2.05) is 0 Å². The fourth-order valence-electron chi connectivity index (χ4n) is 2.45. The van der Waals surface area contributed by atoms with Crippen LogP contribution in [0.3, 0.4) is 0 Å². The normalized spacial score (nSPS) is 17.7. The van der Waals surface area contributed by atoms with E-state index in [9.17, 15) is 12.8 Å². The summed E-state index contributed by atoms with van der Waals surface area (Å²) in [5, 5.41) is -0.417. The highest BCUT2D eigenvalue weighted by Gasteiger charge is 2.32. The highest BCUT2D eigenvalue weighted by Crippen LogP contribution is 2.30. The van der Waals surface area contributed by atoms with Crippen LogP contribution in [0.25, 0.3) is 0 Å². The molecular formula is C12H19FN4O2S. The molecule has 2 rings (SSSR count). The molecule has 8 heteroatoms. The van der Waals surface area contributed by atoms with Gasteiger partial charge in [-0.1, -0.05) is 0 Å². The Bertz CT molecular complexity index is 563. The molecule has 0 saturated carbocycles. The van der Waals surface area contributed by atoms with Crippen LogP contribution >= 0.6 is 0 Å². The lowest BCUT2D eigenvalue weighted by molar-refractivity contribution is 0.475. The van der Waals surface area contributed by atoms with Crippen molar-refractivity contribution in [3.05, 3.63) is 18.2 Å². The molecule has 1 aromatic heterocycles. The number of rotatable bonds is 3. The first kappa shape index (κ1) is 15.0. The van der Waals surface area contributed by atoms with Crippen LogP contribution in [0.5, 0.6) is 0 Å². The van der Waals surface area contributed by atoms with Gasteiger partial charge < -0.3 is 10.6 Å². The maximum absolute atomic E-state index is 13.8. The zero-order chi connectivity index (χ0) is 14.9. The SMILES string of the molecule is CN(C)S(=O)(=O)C1CCN(c2c(N)cncc2F)CC1. The minimum atomic E-state index is -3.26. The van der Waals surface area contributed by atoms with Crippen LogP contribution in [-0.4, -0.2) is 50.1 Å². The van der Waals surface area contributed by atoms with E-state index in [1.54, 1.807) is 4.90 Å². The summed E-state index contributed by atoms with van der Waals surface area (Å²) < 4.78 is 39.2. The van der Waals surface area contributed by atoms with Gasteiger partial charge in [-0.3, -0.25) is 4.98 Å². The Morgan fingerprint density at radius 3 is 2.45 bits per heavy atom. The first-order valence-electron chi connectivity index (χ1n) is 6.39. The summed E-state index contributed by atoms with van der Waals surface area (Å²) in [6, 6.07) is 0. The van der Waals surface area contributed by atoms with Crippen molar-refractivity contribution in [3.8, 4) is 0 Å². The van der Waals surface area contributed by atoms with Gasteiger partial charge in [-0.15, -0.1) is 0 Å². The number of aromatic nitrogens is 1. The van der Waals surface area contributed by atoms with Crippen LogP contribution in [0.2, 0.25) is 0 Å². The second-order valence-corrected chi connectivity index (χ2v) is 7.50. The highest BCUT2D eigenvalue weighted by molar-refractivity contribution is 7.89. The molecule has 0 aromatic carbocycles. The number of nitrogens with zero attached hydrogens (tertiary/aromatic N) is 3. The standard InChI is InChI=1S/C12H19FN4O2S/c1-16(2)20(18,19)9-3-5-17(6-4-9)12-10(13)7-15-8-11(12)14/h7-9H,3-6,14H2,1-2H3. The average Bonchev–Trinajstić information content (AvgIpc) is 2.39. The van der Waals surface area contributed by atoms with Gasteiger partial charge in [0.05, 0.1) is 29.0 Å². The Balaban J connectivity index is 2.13. The van der Waals surface area contributed by atoms with Crippen molar-refractivity contribution in [2.75, 3.05) is 37.8 Å². The Morgan fingerprint density at radius 2 is 1.95 bits per heavy atom. The molecule has 0 radical (unpaired) electrons. The van der Waals surface area contributed by atoms with Crippen molar-refractivity contribution in [2.45, 2.75) is 18.1 Å². The lowest BCUT2D eigenvalue weighted by atomic mass is 10.1. The third-order valence-corrected chi connectivity index (χ3v) is 5.92. The summed E-state index contributed by atoms with van der Waals surface area (Å²) in [5.41, 5.74) is 6.35. The smallest absolute Gasteiger partial charge is 0.216 e. The number of hydrogen-bond acceptors (Lipinski definition) is 5. The monoisotopic (exact) mass is 302 g/mol. The lowest BCUT2D eigenvalue weighted by Crippen LogP contribution is -2.43. The van der Waals surface area contributed by atoms with Crippen LogP contribution in [-0.2, 0) is 10.0 Å². The van der Waals surface area contributed by atoms with Crippen LogP contribution in [0.15, 0.2) is 12.4 Å². The van der Waals surface area contributed by atoms with Gasteiger partial charge in [-0.2, -0.15) is 0 Å². The third-order valence-electron chi connectivity index (χ3n) is 3.59. The maximum atomic E-state index is 13.8. The van der Waals surface area contributed by atoms with Gasteiger partial charge in [-0.05, 0) is 12.8 Å². The van der Waals surface area contributed by atoms with Gasteiger partial charge in [0.25, 0.3) is 0 Å². The largest absolute Gasteiger partial charge is 0.396 e. The zero-order valence-corrected chi connectivity index (χ0v) is 12.4. The van der Waals surface area contributed by atoms with E-state index in [1.165, 1.54) is 24.6 Å². The molecule has 0 bridgehead atoms. The van der Waals surface area contributed by atoms with E-state index < -0.39 is 21.1 Å². The van der Waals surface area contributed by atoms with Gasteiger partial charge in [-0.25, -0.2) is 17.1 Å². The lowest BCUT2D eigenvalue weighted by Gasteiger charge is -2.34. The van der Waals surface area contributed by atoms with Crippen molar-refractivity contribution in [2.24, 2.45) is 0 Å². The number of anilines is 2. The number of hydrogen-bond donors (Lipinski definition) is 1. The van der Waals surface area contributed by atoms with Crippen LogP contribution in [0.1, 0.15) is 12.8 Å². The minimum absolute atomic E-state index is 0.277. The van der Waals surface area contributed by atoms with Gasteiger partial charge >= 0.3 is 0 Å². The molecular weight excluding hydrogens is 283 g/mol. The Hall–Kier alpha value is -1.41. The van der Waals surface area contributed by atoms with E-state index in [-0.39, 0.29) is 5.69 Å². The summed E-state index contributed by atoms with van der Waals surface area (Å²) in [5.74, 6) is -0.473. The van der Waals surface area contributed by atoms with Crippen molar-refractivity contribution in [1.82, 2.24) is 9.29 Å². The van der Waals surface area contributed by atoms with E-state index in [2.05, 4.69) is 4.98 Å². The summed E-state index contributed by atoms with van der Waals surface area (Å²) in [4.78, 5) is 5.47. The predicted octanol–water partition coefficient (Wildman–Crippen LogP) is 0.663. The van der Waals surface area contributed by atoms with Crippen molar-refractivity contribution in [3.63, 3.8) is 0 Å². The molecule has 1 fully saturated rings. The fraction of sp³-hybridized carbons (Fsp3) is 0.583. The molecule has 1 aliphatic rings. The van der Waals surface area contributed by atoms with Gasteiger partial charge in [0.2, 0.25) is 10.0 Å². The molecule has 20 heavy (non-hydrogen) atoms. The number of halogens is 1. The molecule has 1 aromatic rings. The van der Waals surface area contributed by atoms with Crippen molar-refractivity contribution < 1.29 is 12.8 Å². The van der Waals surface area contributed by atoms with Crippen LogP contribution < -0.4 is 10.6 Å². The van der Waals surface area contributed by atoms with Crippen molar-refractivity contribution >= 4 is 21.4 Å². The maximum Gasteiger partial charge on any atom is 0.216 e. The molecule has 2 N–H and O–H groups in total. The fourth-order valence-corrected chi connectivity index (χ4v) is 3.86. The van der Waals surface area contributed by atoms with E-state index in [0.717, 1.165) is 6.20 Å². The summed E-state index contributed by atoms with van der Waals surface area (Å²) in [7, 11) is -0.197. The number of pyridine rings is 1. The second-order valence-electron chi connectivity index (χ2n) is 5.07. The Morgan fingerprint density at radius 1 is 1.35 bits per heavy atom. The molecule has 0 spiro atoms. The number of nitrogens with two attached hydrogens (primary N) is 1. The first-order chi connectivity index (χ1) is 9.34. The Labute approximate surface area is 118 Å². The summed E-state index contributed by atoms with van der Waals surface area (Å²) >= 11 is 0. The van der Waals surface area contributed by atoms with E-state index >= 15 is 0 Å². The summed E-state index contributed by atoms with van der Waals surface area (Å²) in [6.45, 7) is 0.922. The van der Waals surface area contributed by atoms with E-state index in [4.69, 9.17) is 5.73 Å². The zero-order valence-electron chi connectivity index (χ0n) is 11.6. The molecule has 0 amide bonds. The van der Waals surface area contributed by atoms with Crippen LogP contribution in [0, 0.1) is 5.82 Å². The quantitative estimate of drug-likeness (QED) is 0.887. The van der Waals surface area contributed by atoms with Gasteiger partial charge in [0.1, 0.15) is 0 Å². The van der Waals surface area contributed by atoms with Gasteiger partial charge in [0.15, 0.2) is 5.82 Å². The number of piperidine rings is 1. The van der Waals surface area contributed by atoms with Crippen molar-refractivity contribution in [1.29, 1.82) is 0 Å². The molecule has 1 saturated heterocycles. The molecule has 0 aliphatic carbocycles. The second kappa shape index (κ2) is 5.53. The molecule has 2 heterocycles. The predicted molar refractivity (Wildman–Crippen MR) is 76.4 cm³/mol.